The van der Waals surface area contributed by atoms with Gasteiger partial charge in [-0.25, -0.2) is 0 Å². The van der Waals surface area contributed by atoms with Gasteiger partial charge in [-0.2, -0.15) is 10.2 Å². The quantitative estimate of drug-likeness (QED) is 0.0918. The minimum Gasteiger partial charge on any atom is -0.497 e. The van der Waals surface area contributed by atoms with Gasteiger partial charge >= 0.3 is 23.9 Å². The molecule has 56 heavy (non-hydrogen) atoms. The van der Waals surface area contributed by atoms with E-state index in [1.165, 1.54) is 14.2 Å². The van der Waals surface area contributed by atoms with Gasteiger partial charge in [0.1, 0.15) is 11.5 Å². The number of benzene rings is 4. The van der Waals surface area contributed by atoms with E-state index in [9.17, 15) is 29.4 Å². The number of fused-ring (bicyclic) bond motifs is 2. The van der Waals surface area contributed by atoms with Gasteiger partial charge in [0.25, 0.3) is 0 Å². The van der Waals surface area contributed by atoms with Gasteiger partial charge < -0.3 is 29.2 Å². The number of aliphatic carboxylic acids is 2. The van der Waals surface area contributed by atoms with Gasteiger partial charge in [-0.3, -0.25) is 28.5 Å². The number of hydrogen-bond donors (Lipinski definition) is 2. The van der Waals surface area contributed by atoms with Crippen molar-refractivity contribution in [1.29, 1.82) is 0 Å². The van der Waals surface area contributed by atoms with Crippen molar-refractivity contribution in [2.45, 2.75) is 32.4 Å². The molecular weight excluding hydrogens is 720 g/mol. The highest BCUT2D eigenvalue weighted by molar-refractivity contribution is 5.95. The predicted octanol–water partition coefficient (Wildman–Crippen LogP) is 6.43. The summed E-state index contributed by atoms with van der Waals surface area (Å²) in [6, 6.07) is 28.9. The summed E-state index contributed by atoms with van der Waals surface area (Å²) in [6.45, 7) is 3.29. The van der Waals surface area contributed by atoms with Crippen molar-refractivity contribution < 1.29 is 48.3 Å². The summed E-state index contributed by atoms with van der Waals surface area (Å²) in [4.78, 5) is 48.1. The molecular formula is C42H44N4O10. The fourth-order valence-electron chi connectivity index (χ4n) is 7.01. The van der Waals surface area contributed by atoms with Crippen LogP contribution < -0.4 is 9.47 Å². The molecule has 14 heteroatoms. The van der Waals surface area contributed by atoms with Gasteiger partial charge in [0.05, 0.1) is 63.9 Å². The molecule has 0 amide bonds. The van der Waals surface area contributed by atoms with Crippen LogP contribution >= 0.6 is 0 Å². The molecule has 0 aliphatic carbocycles. The first-order valence-corrected chi connectivity index (χ1v) is 17.6. The molecule has 0 saturated carbocycles. The third-order valence-corrected chi connectivity index (χ3v) is 9.85. The Bertz CT molecular complexity index is 2270. The zero-order chi connectivity index (χ0) is 40.6. The van der Waals surface area contributed by atoms with Crippen LogP contribution in [0.1, 0.15) is 43.5 Å². The Labute approximate surface area is 323 Å². The summed E-state index contributed by atoms with van der Waals surface area (Å²) in [5.41, 5.74) is 2.13. The third-order valence-electron chi connectivity index (χ3n) is 9.85. The molecule has 2 heterocycles. The maximum absolute atomic E-state index is 12.2. The lowest BCUT2D eigenvalue weighted by atomic mass is 9.70. The SMILES string of the molecule is COC(=O)C(CC(c1ccc(OC)cc1)n1ncc2ccccc21)C(=O)OC.COc1ccc(C(n2ncc3ccccc32)C(C)(C)C(C(=O)O)C(=O)O)cc1. The monoisotopic (exact) mass is 764 g/mol. The smallest absolute Gasteiger partial charge is 0.320 e. The number of rotatable bonds is 14. The molecule has 2 unspecified atom stereocenters. The van der Waals surface area contributed by atoms with E-state index in [1.54, 1.807) is 57.3 Å². The molecule has 0 aliphatic rings. The lowest BCUT2D eigenvalue weighted by molar-refractivity contribution is -0.162. The molecule has 292 valence electrons. The van der Waals surface area contributed by atoms with Crippen LogP contribution in [0.2, 0.25) is 0 Å². The molecule has 0 fully saturated rings. The topological polar surface area (TPSA) is 181 Å². The molecule has 0 radical (unpaired) electrons. The summed E-state index contributed by atoms with van der Waals surface area (Å²) in [6.07, 6.45) is 3.60. The van der Waals surface area contributed by atoms with Crippen LogP contribution in [-0.2, 0) is 28.7 Å². The number of ether oxygens (including phenoxy) is 4. The van der Waals surface area contributed by atoms with Crippen molar-refractivity contribution in [3.05, 3.63) is 121 Å². The fourth-order valence-corrected chi connectivity index (χ4v) is 7.01. The molecule has 6 rings (SSSR count). The number of para-hydroxylation sites is 2. The summed E-state index contributed by atoms with van der Waals surface area (Å²) < 4.78 is 23.6. The van der Waals surface area contributed by atoms with E-state index in [0.717, 1.165) is 32.9 Å². The van der Waals surface area contributed by atoms with E-state index in [1.807, 2.05) is 89.6 Å². The lowest BCUT2D eigenvalue weighted by Crippen LogP contribution is -2.43. The van der Waals surface area contributed by atoms with E-state index >= 15 is 0 Å². The minimum absolute atomic E-state index is 0.150. The second-order valence-corrected chi connectivity index (χ2v) is 13.5. The average Bonchev–Trinajstić information content (AvgIpc) is 3.82. The molecule has 0 aliphatic heterocycles. The van der Waals surface area contributed by atoms with Crippen LogP contribution in [0, 0.1) is 17.3 Å². The number of carbonyl (C=O) groups is 4. The van der Waals surface area contributed by atoms with Crippen molar-refractivity contribution in [2.24, 2.45) is 17.3 Å². The zero-order valence-electron chi connectivity index (χ0n) is 31.9. The molecule has 6 aromatic rings. The Balaban J connectivity index is 0.000000214. The summed E-state index contributed by atoms with van der Waals surface area (Å²) >= 11 is 0. The Morgan fingerprint density at radius 3 is 1.50 bits per heavy atom. The van der Waals surface area contributed by atoms with E-state index < -0.39 is 47.2 Å². The highest BCUT2D eigenvalue weighted by atomic mass is 16.5. The van der Waals surface area contributed by atoms with Gasteiger partial charge in [-0.15, -0.1) is 0 Å². The molecule has 2 aromatic heterocycles. The van der Waals surface area contributed by atoms with Crippen LogP contribution in [0.4, 0.5) is 0 Å². The number of nitrogens with zero attached hydrogens (tertiary/aromatic N) is 4. The van der Waals surface area contributed by atoms with E-state index in [-0.39, 0.29) is 12.5 Å². The van der Waals surface area contributed by atoms with Crippen molar-refractivity contribution in [2.75, 3.05) is 28.4 Å². The number of carbonyl (C=O) groups excluding carboxylic acids is 2. The van der Waals surface area contributed by atoms with Crippen molar-refractivity contribution in [3.63, 3.8) is 0 Å². The zero-order valence-corrected chi connectivity index (χ0v) is 31.9. The molecule has 0 spiro atoms. The molecule has 0 saturated heterocycles. The number of carboxylic acid groups (broad SMARTS) is 2. The molecule has 14 nitrogen and oxygen atoms in total. The van der Waals surface area contributed by atoms with Crippen LogP contribution in [0.15, 0.2) is 109 Å². The normalized spacial score (nSPS) is 12.4. The number of hydrogen-bond acceptors (Lipinski definition) is 10. The maximum atomic E-state index is 12.2. The largest absolute Gasteiger partial charge is 0.497 e. The van der Waals surface area contributed by atoms with Crippen LogP contribution in [0.3, 0.4) is 0 Å². The Hall–Kier alpha value is -6.70. The first kappa shape index (κ1) is 40.5. The summed E-state index contributed by atoms with van der Waals surface area (Å²) in [5.74, 6) is -5.36. The van der Waals surface area contributed by atoms with Gasteiger partial charge in [0, 0.05) is 16.2 Å². The standard InChI is InChI=1S/2C21H22N2O5/c1-26-16-10-8-14(9-11-16)19(12-17(20(24)27-2)21(25)28-3)23-18-7-5-4-6-15(18)13-22-23;1-21(2,17(19(24)25)20(26)27)18(13-8-10-15(28-3)11-9-13)23-16-7-5-4-6-14(16)12-22-23/h4-11,13,17,19H,12H2,1-3H3;4-12,17-18H,1-3H3,(H,24,25)(H,26,27). The predicted molar refractivity (Wildman–Crippen MR) is 206 cm³/mol. The number of esters is 2. The average molecular weight is 765 g/mol. The minimum atomic E-state index is -1.62. The van der Waals surface area contributed by atoms with Gasteiger partial charge in [-0.1, -0.05) is 74.5 Å². The molecule has 4 aromatic carbocycles. The summed E-state index contributed by atoms with van der Waals surface area (Å²) in [5, 5.41) is 30.1. The first-order valence-electron chi connectivity index (χ1n) is 17.6. The number of methoxy groups -OCH3 is 4. The van der Waals surface area contributed by atoms with E-state index in [4.69, 9.17) is 18.9 Å². The Morgan fingerprint density at radius 2 is 1.05 bits per heavy atom. The highest BCUT2D eigenvalue weighted by Gasteiger charge is 2.48. The van der Waals surface area contributed by atoms with E-state index in [0.29, 0.717) is 11.5 Å². The molecule has 0 bridgehead atoms. The van der Waals surface area contributed by atoms with Crippen molar-refractivity contribution >= 4 is 45.7 Å². The Kier molecular flexibility index (Phi) is 12.7. The number of carboxylic acids is 2. The third kappa shape index (κ3) is 8.49. The fraction of sp³-hybridized carbons (Fsp3) is 0.286. The van der Waals surface area contributed by atoms with Crippen LogP contribution in [-0.4, -0.2) is 82.1 Å². The van der Waals surface area contributed by atoms with Gasteiger partial charge in [0.2, 0.25) is 0 Å². The summed E-state index contributed by atoms with van der Waals surface area (Å²) in [7, 11) is 5.66. The lowest BCUT2D eigenvalue weighted by Gasteiger charge is -2.38. The van der Waals surface area contributed by atoms with Crippen LogP contribution in [0.5, 0.6) is 11.5 Å². The van der Waals surface area contributed by atoms with Gasteiger partial charge in [0.15, 0.2) is 11.8 Å². The second-order valence-electron chi connectivity index (χ2n) is 13.5. The molecule has 2 N–H and O–H groups in total. The van der Waals surface area contributed by atoms with Gasteiger partial charge in [-0.05, 0) is 53.9 Å². The molecule has 2 atom stereocenters. The van der Waals surface area contributed by atoms with E-state index in [2.05, 4.69) is 10.2 Å². The maximum Gasteiger partial charge on any atom is 0.320 e. The van der Waals surface area contributed by atoms with Crippen molar-refractivity contribution in [3.8, 4) is 11.5 Å². The van der Waals surface area contributed by atoms with Crippen molar-refractivity contribution in [1.82, 2.24) is 19.6 Å². The van der Waals surface area contributed by atoms with Crippen LogP contribution in [0.25, 0.3) is 21.8 Å². The Morgan fingerprint density at radius 1 is 0.625 bits per heavy atom. The second kappa shape index (κ2) is 17.6. The highest BCUT2D eigenvalue weighted by Crippen LogP contribution is 2.44. The first-order chi connectivity index (χ1) is 26.9. The number of aromatic nitrogens is 4.